The van der Waals surface area contributed by atoms with Crippen molar-refractivity contribution in [3.8, 4) is 5.69 Å². The summed E-state index contributed by atoms with van der Waals surface area (Å²) in [4.78, 5) is 12.5. The Morgan fingerprint density at radius 2 is 1.85 bits per heavy atom. The molecular weight excluding hydrogens is 461 g/mol. The van der Waals surface area contributed by atoms with E-state index >= 15 is 0 Å². The number of amides is 1. The lowest BCUT2D eigenvalue weighted by Gasteiger charge is -2.12. The van der Waals surface area contributed by atoms with E-state index in [-0.39, 0.29) is 17.5 Å². The van der Waals surface area contributed by atoms with Gasteiger partial charge in [0.25, 0.3) is 0 Å². The van der Waals surface area contributed by atoms with Gasteiger partial charge >= 0.3 is 0 Å². The molecule has 33 heavy (non-hydrogen) atoms. The molecule has 2 N–H and O–H groups in total. The van der Waals surface area contributed by atoms with E-state index in [1.807, 2.05) is 41.8 Å². The Kier molecular flexibility index (Phi) is 7.26. The van der Waals surface area contributed by atoms with Crippen LogP contribution in [-0.2, 0) is 11.3 Å². The summed E-state index contributed by atoms with van der Waals surface area (Å²) in [6.07, 6.45) is 0. The molecule has 0 unspecified atom stereocenters. The predicted octanol–water partition coefficient (Wildman–Crippen LogP) is 5.71. The van der Waals surface area contributed by atoms with Gasteiger partial charge in [0.05, 0.1) is 23.0 Å². The third kappa shape index (κ3) is 5.91. The maximum atomic E-state index is 13.2. The van der Waals surface area contributed by atoms with E-state index in [9.17, 15) is 9.18 Å². The number of aromatic nitrogens is 3. The van der Waals surface area contributed by atoms with Crippen LogP contribution in [-0.4, -0.2) is 26.4 Å². The number of nitrogens with one attached hydrogen (secondary N) is 2. The van der Waals surface area contributed by atoms with Crippen molar-refractivity contribution < 1.29 is 9.18 Å². The Morgan fingerprint density at radius 1 is 1.06 bits per heavy atom. The van der Waals surface area contributed by atoms with Crippen LogP contribution in [0.25, 0.3) is 5.69 Å². The van der Waals surface area contributed by atoms with E-state index in [0.29, 0.717) is 28.2 Å². The third-order valence-electron chi connectivity index (χ3n) is 4.74. The molecule has 0 fully saturated rings. The molecule has 0 bridgehead atoms. The molecule has 6 nitrogen and oxygen atoms in total. The fraction of sp³-hybridized carbons (Fsp3) is 0.125. The molecule has 4 rings (SSSR count). The van der Waals surface area contributed by atoms with Crippen molar-refractivity contribution in [1.29, 1.82) is 0 Å². The summed E-state index contributed by atoms with van der Waals surface area (Å²) in [6.45, 7) is 2.38. The van der Waals surface area contributed by atoms with Crippen LogP contribution in [0.3, 0.4) is 0 Å². The van der Waals surface area contributed by atoms with Gasteiger partial charge < -0.3 is 10.6 Å². The van der Waals surface area contributed by atoms with Crippen molar-refractivity contribution >= 4 is 40.6 Å². The van der Waals surface area contributed by atoms with Gasteiger partial charge in [0.2, 0.25) is 5.91 Å². The highest BCUT2D eigenvalue weighted by atomic mass is 35.5. The molecule has 0 atom stereocenters. The molecule has 0 radical (unpaired) electrons. The first-order chi connectivity index (χ1) is 16.0. The van der Waals surface area contributed by atoms with Crippen molar-refractivity contribution in [3.05, 3.63) is 95.0 Å². The first-order valence-corrected chi connectivity index (χ1v) is 11.5. The average Bonchev–Trinajstić information content (AvgIpc) is 3.22. The topological polar surface area (TPSA) is 71.8 Å². The summed E-state index contributed by atoms with van der Waals surface area (Å²) < 4.78 is 15.1. The number of aryl methyl sites for hydroxylation is 1. The zero-order valence-electron chi connectivity index (χ0n) is 17.8. The molecule has 0 aliphatic carbocycles. The van der Waals surface area contributed by atoms with Gasteiger partial charge in [-0.1, -0.05) is 47.6 Å². The van der Waals surface area contributed by atoms with Gasteiger partial charge in [-0.15, -0.1) is 10.2 Å². The van der Waals surface area contributed by atoms with Crippen LogP contribution in [0.5, 0.6) is 0 Å². The predicted molar refractivity (Wildman–Crippen MR) is 131 cm³/mol. The van der Waals surface area contributed by atoms with Crippen molar-refractivity contribution in [2.24, 2.45) is 0 Å². The summed E-state index contributed by atoms with van der Waals surface area (Å²) >= 11 is 7.41. The number of carbonyl (C=O) groups excluding carboxylic acids is 1. The van der Waals surface area contributed by atoms with Crippen molar-refractivity contribution in [2.45, 2.75) is 18.6 Å². The van der Waals surface area contributed by atoms with Gasteiger partial charge in [-0.2, -0.15) is 0 Å². The summed E-state index contributed by atoms with van der Waals surface area (Å²) in [7, 11) is 0. The molecule has 1 aromatic heterocycles. The van der Waals surface area contributed by atoms with E-state index in [4.69, 9.17) is 11.6 Å². The number of hydrogen-bond acceptors (Lipinski definition) is 5. The molecule has 4 aromatic rings. The number of benzene rings is 3. The van der Waals surface area contributed by atoms with Gasteiger partial charge in [-0.3, -0.25) is 9.36 Å². The van der Waals surface area contributed by atoms with E-state index in [2.05, 4.69) is 20.8 Å². The first kappa shape index (κ1) is 22.8. The summed E-state index contributed by atoms with van der Waals surface area (Å²) in [5.41, 5.74) is 3.31. The first-order valence-electron chi connectivity index (χ1n) is 10.2. The third-order valence-corrected chi connectivity index (χ3v) is 5.99. The van der Waals surface area contributed by atoms with Gasteiger partial charge in [-0.05, 0) is 61.0 Å². The van der Waals surface area contributed by atoms with Crippen LogP contribution < -0.4 is 10.6 Å². The normalized spacial score (nSPS) is 10.8. The maximum Gasteiger partial charge on any atom is 0.234 e. The minimum atomic E-state index is -0.294. The van der Waals surface area contributed by atoms with E-state index < -0.39 is 0 Å². The molecule has 0 aliphatic rings. The second-order valence-electron chi connectivity index (χ2n) is 7.25. The monoisotopic (exact) mass is 481 g/mol. The fourth-order valence-corrected chi connectivity index (χ4v) is 4.12. The number of thioether (sulfide) groups is 1. The minimum absolute atomic E-state index is 0.139. The number of anilines is 2. The van der Waals surface area contributed by atoms with Gasteiger partial charge in [0, 0.05) is 11.4 Å². The molecule has 0 saturated carbocycles. The Hall–Kier alpha value is -3.36. The lowest BCUT2D eigenvalue weighted by atomic mass is 10.2. The molecule has 0 aliphatic heterocycles. The molecule has 3 aromatic carbocycles. The van der Waals surface area contributed by atoms with Crippen LogP contribution in [0.4, 0.5) is 15.8 Å². The molecular formula is C24H21ClFN5OS. The number of hydrogen-bond donors (Lipinski definition) is 2. The quantitative estimate of drug-likeness (QED) is 0.315. The molecule has 9 heteroatoms. The van der Waals surface area contributed by atoms with E-state index in [1.54, 1.807) is 30.3 Å². The van der Waals surface area contributed by atoms with Crippen molar-refractivity contribution in [1.82, 2.24) is 14.8 Å². The molecule has 168 valence electrons. The second kappa shape index (κ2) is 10.5. The highest BCUT2D eigenvalue weighted by molar-refractivity contribution is 7.99. The molecule has 0 saturated heterocycles. The Bertz CT molecular complexity index is 1260. The Balaban J connectivity index is 1.52. The standard InChI is InChI=1S/C24H21ClFN5OS/c1-16-5-4-6-19(13-16)31-22(14-27-18-11-9-17(26)10-12-18)29-30-24(31)33-15-23(32)28-21-8-3-2-7-20(21)25/h2-13,27H,14-15H2,1H3,(H,28,32). The number of halogens is 2. The Labute approximate surface area is 200 Å². The van der Waals surface area contributed by atoms with Crippen LogP contribution in [0.1, 0.15) is 11.4 Å². The highest BCUT2D eigenvalue weighted by Crippen LogP contribution is 2.25. The smallest absolute Gasteiger partial charge is 0.234 e. The zero-order chi connectivity index (χ0) is 23.2. The van der Waals surface area contributed by atoms with Gasteiger partial charge in [0.15, 0.2) is 11.0 Å². The average molecular weight is 482 g/mol. The van der Waals surface area contributed by atoms with Crippen LogP contribution in [0, 0.1) is 12.7 Å². The van der Waals surface area contributed by atoms with Gasteiger partial charge in [-0.25, -0.2) is 4.39 Å². The van der Waals surface area contributed by atoms with Crippen molar-refractivity contribution in [3.63, 3.8) is 0 Å². The number of para-hydroxylation sites is 1. The SMILES string of the molecule is Cc1cccc(-n2c(CNc3ccc(F)cc3)nnc2SCC(=O)Nc2ccccc2Cl)c1. The number of rotatable bonds is 8. The molecule has 1 heterocycles. The fourth-order valence-electron chi connectivity index (χ4n) is 3.16. The summed E-state index contributed by atoms with van der Waals surface area (Å²) in [5, 5.41) is 15.8. The minimum Gasteiger partial charge on any atom is -0.378 e. The Morgan fingerprint density at radius 3 is 2.61 bits per heavy atom. The van der Waals surface area contributed by atoms with Crippen LogP contribution in [0.2, 0.25) is 5.02 Å². The van der Waals surface area contributed by atoms with Crippen molar-refractivity contribution in [2.75, 3.05) is 16.4 Å². The maximum absolute atomic E-state index is 13.2. The highest BCUT2D eigenvalue weighted by Gasteiger charge is 2.16. The summed E-state index contributed by atoms with van der Waals surface area (Å²) in [5.74, 6) is 0.314. The number of carbonyl (C=O) groups is 1. The molecule has 0 spiro atoms. The lowest BCUT2D eigenvalue weighted by molar-refractivity contribution is -0.113. The lowest BCUT2D eigenvalue weighted by Crippen LogP contribution is -2.15. The van der Waals surface area contributed by atoms with Crippen LogP contribution in [0.15, 0.2) is 78.0 Å². The zero-order valence-corrected chi connectivity index (χ0v) is 19.3. The van der Waals surface area contributed by atoms with E-state index in [0.717, 1.165) is 16.9 Å². The number of nitrogens with zero attached hydrogens (tertiary/aromatic N) is 3. The molecule has 1 amide bonds. The van der Waals surface area contributed by atoms with E-state index in [1.165, 1.54) is 23.9 Å². The second-order valence-corrected chi connectivity index (χ2v) is 8.60. The van der Waals surface area contributed by atoms with Crippen LogP contribution >= 0.6 is 23.4 Å². The largest absolute Gasteiger partial charge is 0.378 e. The van der Waals surface area contributed by atoms with Gasteiger partial charge in [0.1, 0.15) is 5.82 Å². The summed E-state index contributed by atoms with van der Waals surface area (Å²) in [6, 6.07) is 21.2.